The van der Waals surface area contributed by atoms with Crippen LogP contribution in [0.15, 0.2) is 0 Å². The van der Waals surface area contributed by atoms with Crippen LogP contribution in [0.5, 0.6) is 0 Å². The van der Waals surface area contributed by atoms with E-state index in [0.717, 1.165) is 0 Å². The zero-order chi connectivity index (χ0) is 18.8. The average molecular weight is 378 g/mol. The van der Waals surface area contributed by atoms with Gasteiger partial charge < -0.3 is 4.74 Å². The molecule has 2 aliphatic rings. The highest BCUT2D eigenvalue weighted by Crippen LogP contribution is 2.44. The van der Waals surface area contributed by atoms with Crippen molar-refractivity contribution in [2.24, 2.45) is 17.8 Å². The Hall–Kier alpha value is -0.530. The number of rotatable bonds is 5. The van der Waals surface area contributed by atoms with E-state index in [4.69, 9.17) is 4.74 Å². The highest BCUT2D eigenvalue weighted by molar-refractivity contribution is 4.96. The highest BCUT2D eigenvalue weighted by Gasteiger charge is 2.48. The van der Waals surface area contributed by atoms with Crippen LogP contribution in [0.2, 0.25) is 0 Å². The Morgan fingerprint density at radius 2 is 1.36 bits per heavy atom. The molecule has 2 aliphatic carbocycles. The fraction of sp³-hybridized carbons (Fsp3) is 1.00. The third kappa shape index (κ3) is 5.73. The van der Waals surface area contributed by atoms with Gasteiger partial charge in [0.2, 0.25) is 0 Å². The molecule has 2 rings (SSSR count). The van der Waals surface area contributed by atoms with Gasteiger partial charge in [-0.2, -0.15) is 13.2 Å². The molecule has 1 nitrogen and oxygen atoms in total. The Morgan fingerprint density at radius 3 is 1.84 bits per heavy atom. The number of alkyl halides is 7. The lowest BCUT2D eigenvalue weighted by molar-refractivity contribution is -0.144. The predicted molar refractivity (Wildman–Crippen MR) is 79.2 cm³/mol. The van der Waals surface area contributed by atoms with Gasteiger partial charge in [0.05, 0.1) is 0 Å². The maximum atomic E-state index is 14.3. The molecule has 0 aromatic heterocycles. The van der Waals surface area contributed by atoms with Crippen molar-refractivity contribution in [3.63, 3.8) is 0 Å². The van der Waals surface area contributed by atoms with Gasteiger partial charge in [0.25, 0.3) is 0 Å². The third-order valence-electron chi connectivity index (χ3n) is 5.32. The van der Waals surface area contributed by atoms with Crippen LogP contribution in [-0.2, 0) is 4.74 Å². The molecule has 0 saturated heterocycles. The van der Waals surface area contributed by atoms with Crippen LogP contribution in [0.3, 0.4) is 0 Å². The summed E-state index contributed by atoms with van der Waals surface area (Å²) in [6.45, 7) is 1.35. The van der Waals surface area contributed by atoms with Gasteiger partial charge in [-0.05, 0) is 43.9 Å². The van der Waals surface area contributed by atoms with Crippen LogP contribution in [0, 0.1) is 17.8 Å². The lowest BCUT2D eigenvalue weighted by Gasteiger charge is -2.43. The molecule has 0 bridgehead atoms. The fourth-order valence-electron chi connectivity index (χ4n) is 4.18. The van der Waals surface area contributed by atoms with E-state index in [1.54, 1.807) is 6.92 Å². The molecule has 148 valence electrons. The Bertz CT molecular complexity index is 392. The van der Waals surface area contributed by atoms with Crippen molar-refractivity contribution in [3.8, 4) is 0 Å². The third-order valence-corrected chi connectivity index (χ3v) is 5.32. The summed E-state index contributed by atoms with van der Waals surface area (Å²) in [5.41, 5.74) is 0. The summed E-state index contributed by atoms with van der Waals surface area (Å²) in [4.78, 5) is 0. The van der Waals surface area contributed by atoms with Gasteiger partial charge in [-0.3, -0.25) is 0 Å². The molecule has 25 heavy (non-hydrogen) atoms. The first-order valence-electron chi connectivity index (χ1n) is 8.83. The molecule has 0 aromatic rings. The molecule has 0 amide bonds. The van der Waals surface area contributed by atoms with Crippen molar-refractivity contribution in [2.75, 3.05) is 6.61 Å². The molecule has 4 atom stereocenters. The molecule has 0 aliphatic heterocycles. The molecule has 0 aromatic carbocycles. The highest BCUT2D eigenvalue weighted by atomic mass is 19.4. The maximum Gasteiger partial charge on any atom is 0.389 e. The fourth-order valence-corrected chi connectivity index (χ4v) is 4.18. The summed E-state index contributed by atoms with van der Waals surface area (Å²) in [6.07, 6.45) is -13.7. The van der Waals surface area contributed by atoms with E-state index in [1.807, 2.05) is 0 Å². The zero-order valence-corrected chi connectivity index (χ0v) is 14.1. The quantitative estimate of drug-likeness (QED) is 0.452. The van der Waals surface area contributed by atoms with E-state index < -0.39 is 61.8 Å². The van der Waals surface area contributed by atoms with Crippen LogP contribution < -0.4 is 0 Å². The number of hydrogen-bond acceptors (Lipinski definition) is 1. The minimum Gasteiger partial charge on any atom is -0.372 e. The summed E-state index contributed by atoms with van der Waals surface area (Å²) < 4.78 is 98.1. The smallest absolute Gasteiger partial charge is 0.372 e. The van der Waals surface area contributed by atoms with Gasteiger partial charge in [-0.1, -0.05) is 6.92 Å². The molecule has 0 radical (unpaired) electrons. The van der Waals surface area contributed by atoms with Crippen molar-refractivity contribution in [2.45, 2.75) is 82.4 Å². The van der Waals surface area contributed by atoms with E-state index in [9.17, 15) is 30.7 Å². The zero-order valence-electron chi connectivity index (χ0n) is 14.1. The molecule has 0 spiro atoms. The molecule has 0 heterocycles. The summed E-state index contributed by atoms with van der Waals surface area (Å²) >= 11 is 0. The van der Waals surface area contributed by atoms with Crippen molar-refractivity contribution >= 4 is 0 Å². The van der Waals surface area contributed by atoms with Crippen LogP contribution in [0.25, 0.3) is 0 Å². The second-order valence-electron chi connectivity index (χ2n) is 7.50. The number of halogens is 7. The lowest BCUT2D eigenvalue weighted by Crippen LogP contribution is -2.48. The number of hydrogen-bond donors (Lipinski definition) is 0. The molecular weight excluding hydrogens is 353 g/mol. The Labute approximate surface area is 143 Å². The van der Waals surface area contributed by atoms with Crippen LogP contribution in [0.1, 0.15) is 45.4 Å². The summed E-state index contributed by atoms with van der Waals surface area (Å²) in [7, 11) is 0. The monoisotopic (exact) mass is 378 g/mol. The molecule has 0 N–H and O–H groups in total. The van der Waals surface area contributed by atoms with Crippen LogP contribution in [0.4, 0.5) is 30.7 Å². The van der Waals surface area contributed by atoms with E-state index >= 15 is 0 Å². The van der Waals surface area contributed by atoms with Crippen LogP contribution in [-0.4, -0.2) is 43.6 Å². The largest absolute Gasteiger partial charge is 0.389 e. The van der Waals surface area contributed by atoms with E-state index in [0.29, 0.717) is 0 Å². The summed E-state index contributed by atoms with van der Waals surface area (Å²) in [5, 5.41) is 0. The molecule has 2 saturated carbocycles. The Kier molecular flexibility index (Phi) is 7.01. The van der Waals surface area contributed by atoms with E-state index in [1.165, 1.54) is 0 Å². The molecule has 4 unspecified atom stereocenters. The van der Waals surface area contributed by atoms with Crippen molar-refractivity contribution in [1.29, 1.82) is 0 Å². The summed E-state index contributed by atoms with van der Waals surface area (Å²) in [5.74, 6) is -1.87. The van der Waals surface area contributed by atoms with Gasteiger partial charge in [-0.15, -0.1) is 0 Å². The Balaban J connectivity index is 1.86. The average Bonchev–Trinajstić information content (AvgIpc) is 2.43. The molecule has 8 heteroatoms. The topological polar surface area (TPSA) is 9.23 Å². The first-order valence-corrected chi connectivity index (χ1v) is 8.83. The minimum absolute atomic E-state index is 0.100. The van der Waals surface area contributed by atoms with Gasteiger partial charge in [0, 0.05) is 18.9 Å². The van der Waals surface area contributed by atoms with E-state index in [2.05, 4.69) is 0 Å². The normalized spacial score (nSPS) is 43.2. The van der Waals surface area contributed by atoms with Gasteiger partial charge >= 0.3 is 6.18 Å². The van der Waals surface area contributed by atoms with Crippen molar-refractivity contribution in [1.82, 2.24) is 0 Å². The first kappa shape index (κ1) is 20.8. The van der Waals surface area contributed by atoms with Gasteiger partial charge in [0.1, 0.15) is 30.8 Å². The van der Waals surface area contributed by atoms with Gasteiger partial charge in [0.15, 0.2) is 0 Å². The lowest BCUT2D eigenvalue weighted by atomic mass is 9.68. The van der Waals surface area contributed by atoms with Crippen molar-refractivity contribution in [3.05, 3.63) is 0 Å². The predicted octanol–water partition coefficient (Wildman–Crippen LogP) is 5.52. The SMILES string of the molecule is CC1CC(F)C(C2CC(F)C(OCCCC(F)(F)F)C(F)C2)C(F)C1. The second kappa shape index (κ2) is 8.44. The van der Waals surface area contributed by atoms with Gasteiger partial charge in [-0.25, -0.2) is 17.6 Å². The number of ether oxygens (including phenoxy) is 1. The van der Waals surface area contributed by atoms with E-state index in [-0.39, 0.29) is 38.0 Å². The first-order chi connectivity index (χ1) is 11.6. The second-order valence-corrected chi connectivity index (χ2v) is 7.50. The molecule has 2 fully saturated rings. The van der Waals surface area contributed by atoms with Crippen LogP contribution >= 0.6 is 0 Å². The minimum atomic E-state index is -4.34. The maximum absolute atomic E-state index is 14.3. The summed E-state index contributed by atoms with van der Waals surface area (Å²) in [6, 6.07) is 0. The standard InChI is InChI=1S/C17H25F7O/c1-9-5-11(18)15(12(19)6-9)10-7-13(20)16(14(21)8-10)25-4-2-3-17(22,23)24/h9-16H,2-8H2,1H3. The van der Waals surface area contributed by atoms with Crippen molar-refractivity contribution < 1.29 is 35.5 Å². The Morgan fingerprint density at radius 1 is 0.840 bits per heavy atom. The molecular formula is C17H25F7O.